The summed E-state index contributed by atoms with van der Waals surface area (Å²) >= 11 is 1.13. The molecule has 3 aromatic heterocycles. The summed E-state index contributed by atoms with van der Waals surface area (Å²) in [6.45, 7) is 1.57. The Morgan fingerprint density at radius 3 is 2.84 bits per heavy atom. The van der Waals surface area contributed by atoms with Crippen LogP contribution in [0, 0.1) is 5.82 Å². The number of aromatic nitrogens is 3. The van der Waals surface area contributed by atoms with E-state index in [-0.39, 0.29) is 16.6 Å². The zero-order valence-corrected chi connectivity index (χ0v) is 18.4. The third-order valence-electron chi connectivity index (χ3n) is 5.39. The molecule has 4 heterocycles. The fourth-order valence-corrected chi connectivity index (χ4v) is 6.14. The lowest BCUT2D eigenvalue weighted by Crippen LogP contribution is -2.50. The lowest BCUT2D eigenvalue weighted by molar-refractivity contribution is 0.421. The molecule has 0 spiro atoms. The number of thiophene rings is 1. The maximum absolute atomic E-state index is 15.0. The number of aliphatic imine (C=N–C) groups is 1. The molecular formula is C19H19FN6O3S2. The first kappa shape index (κ1) is 20.1. The summed E-state index contributed by atoms with van der Waals surface area (Å²) in [7, 11) is -2.37. The number of rotatable bonds is 4. The minimum Gasteiger partial charge on any atom is -0.369 e. The van der Waals surface area contributed by atoms with Gasteiger partial charge >= 0.3 is 0 Å². The molecule has 0 radical (unpaired) electrons. The van der Waals surface area contributed by atoms with E-state index in [0.717, 1.165) is 28.5 Å². The van der Waals surface area contributed by atoms with Gasteiger partial charge in [-0.25, -0.2) is 22.1 Å². The molecule has 1 atom stereocenters. The van der Waals surface area contributed by atoms with Gasteiger partial charge in [0.1, 0.15) is 17.1 Å². The van der Waals surface area contributed by atoms with Crippen LogP contribution in [-0.4, -0.2) is 46.6 Å². The zero-order valence-electron chi connectivity index (χ0n) is 16.7. The summed E-state index contributed by atoms with van der Waals surface area (Å²) in [4.78, 5) is 13.8. The zero-order chi connectivity index (χ0) is 22.0. The van der Waals surface area contributed by atoms with Crippen molar-refractivity contribution in [1.82, 2.24) is 19.4 Å². The van der Waals surface area contributed by atoms with Crippen LogP contribution in [0.5, 0.6) is 0 Å². The number of nitrogens with zero attached hydrogens (tertiary/aromatic N) is 5. The van der Waals surface area contributed by atoms with E-state index in [4.69, 9.17) is 10.3 Å². The molecule has 2 N–H and O–H groups in total. The highest BCUT2D eigenvalue weighted by molar-refractivity contribution is 7.89. The summed E-state index contributed by atoms with van der Waals surface area (Å²) in [5, 5.41) is 4.00. The molecule has 1 aliphatic heterocycles. The summed E-state index contributed by atoms with van der Waals surface area (Å²) in [6.07, 6.45) is 3.70. The average molecular weight is 463 g/mol. The number of hydrogen-bond donors (Lipinski definition) is 1. The molecule has 1 fully saturated rings. The molecule has 0 amide bonds. The van der Waals surface area contributed by atoms with Crippen LogP contribution in [0.25, 0.3) is 22.0 Å². The molecule has 1 saturated carbocycles. The Morgan fingerprint density at radius 1 is 1.35 bits per heavy atom. The predicted octanol–water partition coefficient (Wildman–Crippen LogP) is 2.68. The van der Waals surface area contributed by atoms with Crippen molar-refractivity contribution < 1.29 is 17.3 Å². The molecule has 31 heavy (non-hydrogen) atoms. The van der Waals surface area contributed by atoms with Crippen molar-refractivity contribution in [2.45, 2.75) is 31.2 Å². The maximum Gasteiger partial charge on any atom is 0.276 e. The topological polar surface area (TPSA) is 128 Å². The van der Waals surface area contributed by atoms with Gasteiger partial charge in [-0.05, 0) is 43.5 Å². The Morgan fingerprint density at radius 2 is 2.13 bits per heavy atom. The number of sulfonamides is 1. The van der Waals surface area contributed by atoms with Crippen molar-refractivity contribution in [3.63, 3.8) is 0 Å². The van der Waals surface area contributed by atoms with Gasteiger partial charge < -0.3 is 10.3 Å². The SMILES string of the molecule is CN1C(N)=N[C@](C)(c2sc(-c3ccnc(-c4nc(C5CC5)no4)c3)cc2F)CS1(=O)=O. The van der Waals surface area contributed by atoms with Crippen molar-refractivity contribution in [3.8, 4) is 22.0 Å². The molecule has 0 unspecified atom stereocenters. The molecule has 162 valence electrons. The normalized spacial score (nSPS) is 23.1. The Hall–Kier alpha value is -2.86. The fourth-order valence-electron chi connectivity index (χ4n) is 3.49. The van der Waals surface area contributed by atoms with Crippen LogP contribution in [0.3, 0.4) is 0 Å². The lowest BCUT2D eigenvalue weighted by atomic mass is 10.0. The minimum absolute atomic E-state index is 0.169. The van der Waals surface area contributed by atoms with E-state index in [1.807, 2.05) is 0 Å². The van der Waals surface area contributed by atoms with E-state index in [2.05, 4.69) is 20.1 Å². The van der Waals surface area contributed by atoms with Crippen LogP contribution in [0.2, 0.25) is 0 Å². The molecule has 0 saturated heterocycles. The van der Waals surface area contributed by atoms with E-state index in [9.17, 15) is 12.8 Å². The molecule has 3 aromatic rings. The van der Waals surface area contributed by atoms with Gasteiger partial charge in [0.15, 0.2) is 5.82 Å². The first-order valence-corrected chi connectivity index (χ1v) is 12.0. The molecular weight excluding hydrogens is 443 g/mol. The van der Waals surface area contributed by atoms with Crippen molar-refractivity contribution in [2.75, 3.05) is 12.8 Å². The highest BCUT2D eigenvalue weighted by Gasteiger charge is 2.43. The van der Waals surface area contributed by atoms with Gasteiger partial charge in [-0.2, -0.15) is 4.98 Å². The number of nitrogens with two attached hydrogens (primary N) is 1. The number of pyridine rings is 1. The third kappa shape index (κ3) is 3.49. The van der Waals surface area contributed by atoms with Gasteiger partial charge in [0.05, 0.1) is 10.6 Å². The highest BCUT2D eigenvalue weighted by atomic mass is 32.2. The van der Waals surface area contributed by atoms with E-state index >= 15 is 0 Å². The fraction of sp³-hybridized carbons (Fsp3) is 0.368. The quantitative estimate of drug-likeness (QED) is 0.631. The van der Waals surface area contributed by atoms with Crippen molar-refractivity contribution in [1.29, 1.82) is 0 Å². The molecule has 5 rings (SSSR count). The van der Waals surface area contributed by atoms with Crippen LogP contribution in [0.4, 0.5) is 4.39 Å². The van der Waals surface area contributed by atoms with E-state index in [1.54, 1.807) is 25.3 Å². The molecule has 12 heteroatoms. The Balaban J connectivity index is 1.51. The van der Waals surface area contributed by atoms with Gasteiger partial charge in [0, 0.05) is 24.0 Å². The highest BCUT2D eigenvalue weighted by Crippen LogP contribution is 2.42. The number of halogens is 1. The van der Waals surface area contributed by atoms with Crippen LogP contribution in [0.15, 0.2) is 33.9 Å². The first-order chi connectivity index (χ1) is 14.7. The molecule has 1 aliphatic carbocycles. The second-order valence-corrected chi connectivity index (χ2v) is 11.0. The Labute approximate surface area is 181 Å². The standard InChI is InChI=1S/C19H19FN6O3S2/c1-19(9-31(27,28)26(2)18(21)24-19)15-12(20)8-14(30-15)11-5-6-22-13(7-11)17-23-16(25-29-17)10-3-4-10/h5-8,10H,3-4,9H2,1-2H3,(H2,21,24)/t19-/m0/s1. The van der Waals surface area contributed by atoms with Gasteiger partial charge in [-0.3, -0.25) is 4.98 Å². The second kappa shape index (κ2) is 6.82. The molecule has 0 aromatic carbocycles. The van der Waals surface area contributed by atoms with Crippen molar-refractivity contribution >= 4 is 27.3 Å². The Bertz CT molecular complexity index is 1310. The van der Waals surface area contributed by atoms with E-state index < -0.39 is 21.4 Å². The average Bonchev–Trinajstić information content (AvgIpc) is 3.30. The van der Waals surface area contributed by atoms with Gasteiger partial charge in [-0.15, -0.1) is 11.3 Å². The number of guanidine groups is 1. The minimum atomic E-state index is -3.70. The third-order valence-corrected chi connectivity index (χ3v) is 8.75. The van der Waals surface area contributed by atoms with Crippen molar-refractivity contribution in [2.24, 2.45) is 10.7 Å². The lowest BCUT2D eigenvalue weighted by Gasteiger charge is -2.33. The van der Waals surface area contributed by atoms with Crippen LogP contribution in [-0.2, 0) is 15.6 Å². The van der Waals surface area contributed by atoms with Crippen molar-refractivity contribution in [3.05, 3.63) is 40.9 Å². The van der Waals surface area contributed by atoms with E-state index in [0.29, 0.717) is 33.8 Å². The second-order valence-electron chi connectivity index (χ2n) is 7.92. The summed E-state index contributed by atoms with van der Waals surface area (Å²) in [6, 6.07) is 4.84. The predicted molar refractivity (Wildman–Crippen MR) is 113 cm³/mol. The van der Waals surface area contributed by atoms with Gasteiger partial charge in [0.2, 0.25) is 16.0 Å². The molecule has 9 nitrogen and oxygen atoms in total. The van der Waals surface area contributed by atoms with Crippen LogP contribution in [0.1, 0.15) is 36.4 Å². The smallest absolute Gasteiger partial charge is 0.276 e. The Kier molecular flexibility index (Phi) is 4.42. The van der Waals surface area contributed by atoms with Gasteiger partial charge in [-0.1, -0.05) is 5.16 Å². The van der Waals surface area contributed by atoms with Crippen LogP contribution < -0.4 is 5.73 Å². The van der Waals surface area contributed by atoms with Gasteiger partial charge in [0.25, 0.3) is 5.89 Å². The largest absolute Gasteiger partial charge is 0.369 e. The molecule has 0 bridgehead atoms. The summed E-state index contributed by atoms with van der Waals surface area (Å²) in [5.41, 5.74) is 5.66. The summed E-state index contributed by atoms with van der Waals surface area (Å²) in [5.74, 6) is 0.268. The number of hydrogen-bond acceptors (Lipinski definition) is 9. The maximum atomic E-state index is 15.0. The van der Waals surface area contributed by atoms with Crippen LogP contribution >= 0.6 is 11.3 Å². The van der Waals surface area contributed by atoms with E-state index in [1.165, 1.54) is 13.1 Å². The monoisotopic (exact) mass is 462 g/mol. The first-order valence-electron chi connectivity index (χ1n) is 9.58. The molecule has 2 aliphatic rings. The summed E-state index contributed by atoms with van der Waals surface area (Å²) < 4.78 is 46.1.